The largest absolute Gasteiger partial charge is 0.325 e. The maximum Gasteiger partial charge on any atom is 0.123 e. The molecule has 3 aromatic rings. The zero-order valence-electron chi connectivity index (χ0n) is 20.0. The Morgan fingerprint density at radius 2 is 1.74 bits per heavy atom. The second kappa shape index (κ2) is 9.60. The number of imidazole rings is 1. The Kier molecular flexibility index (Phi) is 6.71. The maximum absolute atomic E-state index is 14.1. The molecule has 6 rings (SSSR count). The predicted molar refractivity (Wildman–Crippen MR) is 138 cm³/mol. The van der Waals surface area contributed by atoms with Gasteiger partial charge in [0.05, 0.1) is 11.0 Å². The van der Waals surface area contributed by atoms with E-state index in [0.29, 0.717) is 18.1 Å². The van der Waals surface area contributed by atoms with Crippen molar-refractivity contribution >= 4 is 23.4 Å². The highest BCUT2D eigenvalue weighted by molar-refractivity contribution is 5.85. The lowest BCUT2D eigenvalue weighted by atomic mass is 9.70. The van der Waals surface area contributed by atoms with Gasteiger partial charge in [-0.05, 0) is 107 Å². The molecule has 2 bridgehead atoms. The molecule has 3 atom stereocenters. The molecule has 1 unspecified atom stereocenters. The molecule has 4 nitrogen and oxygen atoms in total. The summed E-state index contributed by atoms with van der Waals surface area (Å²) in [4.78, 5) is 7.65. The van der Waals surface area contributed by atoms with E-state index in [0.717, 1.165) is 50.2 Å². The molecule has 34 heavy (non-hydrogen) atoms. The summed E-state index contributed by atoms with van der Waals surface area (Å²) < 4.78 is 16.6. The number of benzene rings is 2. The fourth-order valence-electron chi connectivity index (χ4n) is 7.20. The van der Waals surface area contributed by atoms with Crippen LogP contribution in [0.15, 0.2) is 48.5 Å². The minimum absolute atomic E-state index is 0. The number of hydrogen-bond donors (Lipinski definition) is 1. The lowest BCUT2D eigenvalue weighted by molar-refractivity contribution is 0.0928. The number of nitrogens with one attached hydrogen (secondary N) is 1. The van der Waals surface area contributed by atoms with Gasteiger partial charge >= 0.3 is 0 Å². The molecule has 3 aliphatic rings. The van der Waals surface area contributed by atoms with E-state index < -0.39 is 0 Å². The lowest BCUT2D eigenvalue weighted by Gasteiger charge is -2.44. The first-order valence-corrected chi connectivity index (χ1v) is 12.8. The van der Waals surface area contributed by atoms with Gasteiger partial charge in [-0.3, -0.25) is 4.90 Å². The number of nitrogens with zero attached hydrogens (tertiary/aromatic N) is 3. The van der Waals surface area contributed by atoms with Gasteiger partial charge in [-0.25, -0.2) is 9.37 Å². The topological polar surface area (TPSA) is 33.1 Å². The van der Waals surface area contributed by atoms with E-state index in [1.165, 1.54) is 36.8 Å². The minimum atomic E-state index is -0.103. The lowest BCUT2D eigenvalue weighted by Crippen LogP contribution is -2.47. The van der Waals surface area contributed by atoms with Gasteiger partial charge in [-0.1, -0.05) is 24.3 Å². The second-order valence-corrected chi connectivity index (χ2v) is 10.6. The van der Waals surface area contributed by atoms with Gasteiger partial charge < -0.3 is 9.88 Å². The fourth-order valence-corrected chi connectivity index (χ4v) is 7.20. The van der Waals surface area contributed by atoms with Crippen LogP contribution in [0.25, 0.3) is 11.0 Å². The Labute approximate surface area is 208 Å². The Hall–Kier alpha value is -1.95. The van der Waals surface area contributed by atoms with Gasteiger partial charge in [0.15, 0.2) is 0 Å². The first-order chi connectivity index (χ1) is 16.1. The van der Waals surface area contributed by atoms with Crippen molar-refractivity contribution in [3.05, 3.63) is 65.7 Å². The molecule has 182 valence electrons. The summed E-state index contributed by atoms with van der Waals surface area (Å²) >= 11 is 0. The van der Waals surface area contributed by atoms with Gasteiger partial charge in [-0.15, -0.1) is 12.4 Å². The third-order valence-corrected chi connectivity index (χ3v) is 8.84. The molecule has 1 N–H and O–H groups in total. The van der Waals surface area contributed by atoms with Crippen molar-refractivity contribution in [1.29, 1.82) is 0 Å². The molecule has 4 heterocycles. The van der Waals surface area contributed by atoms with Crippen molar-refractivity contribution < 1.29 is 4.39 Å². The van der Waals surface area contributed by atoms with Gasteiger partial charge in [0.1, 0.15) is 11.6 Å². The third kappa shape index (κ3) is 4.16. The molecule has 2 aromatic carbocycles. The van der Waals surface area contributed by atoms with E-state index in [2.05, 4.69) is 52.0 Å². The van der Waals surface area contributed by atoms with Crippen LogP contribution < -0.4 is 5.32 Å². The van der Waals surface area contributed by atoms with Crippen molar-refractivity contribution in [3.8, 4) is 0 Å². The highest BCUT2D eigenvalue weighted by Gasteiger charge is 2.43. The Bertz CT molecular complexity index is 1120. The average molecular weight is 483 g/mol. The summed E-state index contributed by atoms with van der Waals surface area (Å²) in [6.07, 6.45) is 8.37. The quantitative estimate of drug-likeness (QED) is 0.500. The van der Waals surface area contributed by atoms with Crippen LogP contribution in [0.4, 0.5) is 4.39 Å². The molecule has 0 aliphatic carbocycles. The van der Waals surface area contributed by atoms with Crippen LogP contribution in [-0.2, 0) is 5.41 Å². The standard InChI is InChI=1S/C28H35FN4.ClH/c1-20-31-26-7-2-3-8-27(26)33(20)25-18-23-9-10-24(19-25)32(23)16-13-28(11-14-30-15-12-28)21-5-4-6-22(29)17-21;/h2-8,17,23-25,30H,9-16,18-19H2,1H3;1H/t23-,24+,25?;. The zero-order valence-corrected chi connectivity index (χ0v) is 20.9. The number of fused-ring (bicyclic) bond motifs is 3. The normalized spacial score (nSPS) is 26.5. The number of aryl methyl sites for hydroxylation is 1. The van der Waals surface area contributed by atoms with E-state index in [1.807, 2.05) is 6.07 Å². The summed E-state index contributed by atoms with van der Waals surface area (Å²) in [6.45, 7) is 5.34. The van der Waals surface area contributed by atoms with Gasteiger partial charge in [0.2, 0.25) is 0 Å². The van der Waals surface area contributed by atoms with Crippen molar-refractivity contribution in [1.82, 2.24) is 19.8 Å². The maximum atomic E-state index is 14.1. The molecule has 0 amide bonds. The van der Waals surface area contributed by atoms with Crippen LogP contribution in [0.1, 0.15) is 62.4 Å². The van der Waals surface area contributed by atoms with E-state index in [-0.39, 0.29) is 23.6 Å². The summed E-state index contributed by atoms with van der Waals surface area (Å²) in [7, 11) is 0. The van der Waals surface area contributed by atoms with Crippen LogP contribution in [-0.4, -0.2) is 46.2 Å². The molecule has 0 radical (unpaired) electrons. The highest BCUT2D eigenvalue weighted by Crippen LogP contribution is 2.44. The SMILES string of the molecule is Cc1nc2ccccc2n1C1C[C@H]2CC[C@@H](C1)N2CCC1(c2cccc(F)c2)CCNCC1.Cl. The van der Waals surface area contributed by atoms with Crippen molar-refractivity contribution in [3.63, 3.8) is 0 Å². The molecule has 3 saturated heterocycles. The molecule has 3 aliphatic heterocycles. The first kappa shape index (κ1) is 23.8. The Morgan fingerprint density at radius 3 is 2.47 bits per heavy atom. The number of halogens is 2. The molecular weight excluding hydrogens is 447 g/mol. The zero-order chi connectivity index (χ0) is 22.4. The molecule has 0 spiro atoms. The van der Waals surface area contributed by atoms with Crippen molar-refractivity contribution in [2.24, 2.45) is 0 Å². The number of rotatable bonds is 5. The molecule has 3 fully saturated rings. The minimum Gasteiger partial charge on any atom is -0.325 e. The molecule has 6 heteroatoms. The van der Waals surface area contributed by atoms with Crippen LogP contribution >= 0.6 is 12.4 Å². The molecule has 0 saturated carbocycles. The summed E-state index contributed by atoms with van der Waals surface area (Å²) in [6, 6.07) is 17.8. The fraction of sp³-hybridized carbons (Fsp3) is 0.536. The van der Waals surface area contributed by atoms with Gasteiger partial charge in [-0.2, -0.15) is 0 Å². The van der Waals surface area contributed by atoms with E-state index >= 15 is 0 Å². The first-order valence-electron chi connectivity index (χ1n) is 12.8. The van der Waals surface area contributed by atoms with E-state index in [4.69, 9.17) is 4.98 Å². The Balaban J connectivity index is 0.00000241. The predicted octanol–water partition coefficient (Wildman–Crippen LogP) is 5.79. The Morgan fingerprint density at radius 1 is 1.00 bits per heavy atom. The van der Waals surface area contributed by atoms with E-state index in [9.17, 15) is 4.39 Å². The summed E-state index contributed by atoms with van der Waals surface area (Å²) in [5.74, 6) is 1.04. The average Bonchev–Trinajstić information content (AvgIpc) is 3.29. The van der Waals surface area contributed by atoms with Crippen molar-refractivity contribution in [2.75, 3.05) is 19.6 Å². The summed E-state index contributed by atoms with van der Waals surface area (Å²) in [5, 5.41) is 3.52. The van der Waals surface area contributed by atoms with Gasteiger partial charge in [0.25, 0.3) is 0 Å². The number of para-hydroxylation sites is 2. The number of aromatic nitrogens is 2. The molecular formula is C28H36ClFN4. The van der Waals surface area contributed by atoms with E-state index in [1.54, 1.807) is 12.1 Å². The van der Waals surface area contributed by atoms with Crippen LogP contribution in [0.3, 0.4) is 0 Å². The van der Waals surface area contributed by atoms with Crippen molar-refractivity contribution in [2.45, 2.75) is 75.4 Å². The number of piperidine rings is 2. The summed E-state index contributed by atoms with van der Waals surface area (Å²) in [5.41, 5.74) is 3.70. The molecule has 1 aromatic heterocycles. The van der Waals surface area contributed by atoms with Crippen LogP contribution in [0.5, 0.6) is 0 Å². The third-order valence-electron chi connectivity index (χ3n) is 8.84. The smallest absolute Gasteiger partial charge is 0.123 e. The van der Waals surface area contributed by atoms with Crippen LogP contribution in [0, 0.1) is 12.7 Å². The second-order valence-electron chi connectivity index (χ2n) is 10.6. The van der Waals surface area contributed by atoms with Crippen LogP contribution in [0.2, 0.25) is 0 Å². The van der Waals surface area contributed by atoms with Gasteiger partial charge in [0, 0.05) is 18.1 Å². The monoisotopic (exact) mass is 482 g/mol. The highest BCUT2D eigenvalue weighted by atomic mass is 35.5. The number of hydrogen-bond acceptors (Lipinski definition) is 3.